The minimum Gasteiger partial charge on any atom is -0.496 e. The molecular weight excluding hydrogens is 236 g/mol. The second-order valence-electron chi connectivity index (χ2n) is 5.73. The minimum atomic E-state index is 0.480. The third kappa shape index (κ3) is 3.87. The first-order valence-electron chi connectivity index (χ1n) is 7.24. The van der Waals surface area contributed by atoms with Crippen molar-refractivity contribution in [1.29, 1.82) is 0 Å². The van der Waals surface area contributed by atoms with E-state index in [1.807, 2.05) is 0 Å². The van der Waals surface area contributed by atoms with Crippen molar-refractivity contribution in [3.05, 3.63) is 23.8 Å². The summed E-state index contributed by atoms with van der Waals surface area (Å²) in [6.45, 7) is 6.51. The van der Waals surface area contributed by atoms with Gasteiger partial charge in [0.1, 0.15) is 5.75 Å². The predicted octanol–water partition coefficient (Wildman–Crippen LogP) is 3.01. The van der Waals surface area contributed by atoms with E-state index < -0.39 is 0 Å². The monoisotopic (exact) mass is 262 g/mol. The zero-order valence-corrected chi connectivity index (χ0v) is 12.6. The van der Waals surface area contributed by atoms with Crippen molar-refractivity contribution in [3.8, 4) is 5.75 Å². The maximum atomic E-state index is 5.43. The van der Waals surface area contributed by atoms with Crippen LogP contribution in [-0.2, 0) is 0 Å². The van der Waals surface area contributed by atoms with Gasteiger partial charge in [0.2, 0.25) is 0 Å². The van der Waals surface area contributed by atoms with Gasteiger partial charge >= 0.3 is 0 Å². The van der Waals surface area contributed by atoms with Gasteiger partial charge in [-0.1, -0.05) is 13.8 Å². The molecule has 0 aliphatic heterocycles. The molecule has 1 N–H and O–H groups in total. The number of ether oxygens (including phenoxy) is 1. The first kappa shape index (κ1) is 14.2. The number of hydrogen-bond acceptors (Lipinski definition) is 3. The fraction of sp³-hybridized carbons (Fsp3) is 0.625. The molecule has 1 aliphatic carbocycles. The molecule has 19 heavy (non-hydrogen) atoms. The molecule has 0 heterocycles. The fourth-order valence-corrected chi connectivity index (χ4v) is 2.26. The highest BCUT2D eigenvalue weighted by atomic mass is 16.5. The molecule has 1 aliphatic rings. The lowest BCUT2D eigenvalue weighted by molar-refractivity contribution is 0.407. The molecule has 0 saturated heterocycles. The minimum absolute atomic E-state index is 0.480. The lowest BCUT2D eigenvalue weighted by Crippen LogP contribution is -2.30. The van der Waals surface area contributed by atoms with E-state index in [-0.39, 0.29) is 0 Å². The van der Waals surface area contributed by atoms with Crippen LogP contribution in [0, 0.1) is 0 Å². The van der Waals surface area contributed by atoms with Gasteiger partial charge in [-0.2, -0.15) is 0 Å². The van der Waals surface area contributed by atoms with Crippen LogP contribution in [0.2, 0.25) is 0 Å². The van der Waals surface area contributed by atoms with E-state index in [0.29, 0.717) is 5.92 Å². The summed E-state index contributed by atoms with van der Waals surface area (Å²) in [7, 11) is 3.89. The van der Waals surface area contributed by atoms with Gasteiger partial charge in [0.05, 0.1) is 7.11 Å². The molecule has 0 spiro atoms. The number of nitrogens with one attached hydrogen (secondary N) is 1. The average molecular weight is 262 g/mol. The Kier molecular flexibility index (Phi) is 4.70. The Morgan fingerprint density at radius 2 is 2.11 bits per heavy atom. The van der Waals surface area contributed by atoms with Crippen LogP contribution in [0.15, 0.2) is 18.2 Å². The summed E-state index contributed by atoms with van der Waals surface area (Å²) in [5.41, 5.74) is 2.55. The fourth-order valence-electron chi connectivity index (χ4n) is 2.26. The molecule has 0 unspecified atom stereocenters. The van der Waals surface area contributed by atoms with Gasteiger partial charge in [0, 0.05) is 31.9 Å². The topological polar surface area (TPSA) is 24.5 Å². The number of rotatable bonds is 7. The molecule has 1 aromatic carbocycles. The van der Waals surface area contributed by atoms with Gasteiger partial charge in [-0.15, -0.1) is 0 Å². The van der Waals surface area contributed by atoms with Crippen LogP contribution >= 0.6 is 0 Å². The molecule has 0 radical (unpaired) electrons. The molecule has 0 aromatic heterocycles. The molecule has 0 atom stereocenters. The highest BCUT2D eigenvalue weighted by Crippen LogP contribution is 2.30. The second kappa shape index (κ2) is 6.29. The number of methoxy groups -OCH3 is 1. The molecular formula is C16H26N2O. The number of benzene rings is 1. The second-order valence-corrected chi connectivity index (χ2v) is 5.73. The number of anilines is 1. The smallest absolute Gasteiger partial charge is 0.122 e. The van der Waals surface area contributed by atoms with Crippen LogP contribution in [0.1, 0.15) is 38.2 Å². The quantitative estimate of drug-likeness (QED) is 0.817. The molecule has 1 fully saturated rings. The highest BCUT2D eigenvalue weighted by Gasteiger charge is 2.19. The predicted molar refractivity (Wildman–Crippen MR) is 81.4 cm³/mol. The average Bonchev–Trinajstić information content (AvgIpc) is 3.21. The maximum Gasteiger partial charge on any atom is 0.122 e. The van der Waals surface area contributed by atoms with Crippen molar-refractivity contribution in [3.63, 3.8) is 0 Å². The third-order valence-electron chi connectivity index (χ3n) is 3.73. The molecule has 0 bridgehead atoms. The Labute approximate surface area is 116 Å². The summed E-state index contributed by atoms with van der Waals surface area (Å²) in [4.78, 5) is 2.31. The summed E-state index contributed by atoms with van der Waals surface area (Å²) in [5, 5.41) is 3.55. The van der Waals surface area contributed by atoms with Crippen LogP contribution in [0.25, 0.3) is 0 Å². The van der Waals surface area contributed by atoms with Gasteiger partial charge in [0.25, 0.3) is 0 Å². The highest BCUT2D eigenvalue weighted by molar-refractivity contribution is 5.53. The first-order chi connectivity index (χ1) is 9.11. The SMILES string of the molecule is COc1ccc(N(C)CCNC2CC2)cc1C(C)C. The van der Waals surface area contributed by atoms with Crippen LogP contribution in [0.5, 0.6) is 5.75 Å². The van der Waals surface area contributed by atoms with Crippen molar-refractivity contribution in [2.45, 2.75) is 38.6 Å². The lowest BCUT2D eigenvalue weighted by Gasteiger charge is -2.22. The Morgan fingerprint density at radius 3 is 2.68 bits per heavy atom. The van der Waals surface area contributed by atoms with Crippen molar-refractivity contribution < 1.29 is 4.74 Å². The molecule has 3 nitrogen and oxygen atoms in total. The Morgan fingerprint density at radius 1 is 1.37 bits per heavy atom. The van der Waals surface area contributed by atoms with Crippen LogP contribution in [0.4, 0.5) is 5.69 Å². The standard InChI is InChI=1S/C16H26N2O/c1-12(2)15-11-14(7-8-16(15)19-4)18(3)10-9-17-13-5-6-13/h7-8,11-13,17H,5-6,9-10H2,1-4H3. The van der Waals surface area contributed by atoms with Crippen LogP contribution in [-0.4, -0.2) is 33.3 Å². The van der Waals surface area contributed by atoms with Gasteiger partial charge < -0.3 is 15.0 Å². The Balaban J connectivity index is 1.99. The summed E-state index contributed by atoms with van der Waals surface area (Å²) in [5.74, 6) is 1.47. The largest absolute Gasteiger partial charge is 0.496 e. The molecule has 106 valence electrons. The van der Waals surface area contributed by atoms with Gasteiger partial charge in [-0.3, -0.25) is 0 Å². The van der Waals surface area contributed by atoms with Crippen LogP contribution < -0.4 is 15.0 Å². The van der Waals surface area contributed by atoms with E-state index in [1.165, 1.54) is 24.1 Å². The number of likely N-dealkylation sites (N-methyl/N-ethyl adjacent to an activating group) is 1. The van der Waals surface area contributed by atoms with Crippen molar-refractivity contribution in [2.75, 3.05) is 32.1 Å². The maximum absolute atomic E-state index is 5.43. The van der Waals surface area contributed by atoms with E-state index >= 15 is 0 Å². The number of hydrogen-bond donors (Lipinski definition) is 1. The van der Waals surface area contributed by atoms with E-state index in [2.05, 4.69) is 49.3 Å². The lowest BCUT2D eigenvalue weighted by atomic mass is 10.0. The molecule has 1 aromatic rings. The van der Waals surface area contributed by atoms with Crippen molar-refractivity contribution in [1.82, 2.24) is 5.32 Å². The zero-order valence-electron chi connectivity index (χ0n) is 12.6. The van der Waals surface area contributed by atoms with Gasteiger partial charge in [-0.25, -0.2) is 0 Å². The van der Waals surface area contributed by atoms with Gasteiger partial charge in [-0.05, 0) is 42.5 Å². The Hall–Kier alpha value is -1.22. The van der Waals surface area contributed by atoms with E-state index in [1.54, 1.807) is 7.11 Å². The van der Waals surface area contributed by atoms with E-state index in [4.69, 9.17) is 4.74 Å². The van der Waals surface area contributed by atoms with E-state index in [9.17, 15) is 0 Å². The first-order valence-corrected chi connectivity index (χ1v) is 7.24. The molecule has 0 amide bonds. The van der Waals surface area contributed by atoms with Crippen LogP contribution in [0.3, 0.4) is 0 Å². The van der Waals surface area contributed by atoms with Gasteiger partial charge in [0.15, 0.2) is 0 Å². The summed E-state index contributed by atoms with van der Waals surface area (Å²) in [6.07, 6.45) is 2.70. The summed E-state index contributed by atoms with van der Waals surface area (Å²) in [6, 6.07) is 7.26. The molecule has 3 heteroatoms. The molecule has 1 saturated carbocycles. The zero-order chi connectivity index (χ0) is 13.8. The third-order valence-corrected chi connectivity index (χ3v) is 3.73. The Bertz CT molecular complexity index is 413. The van der Waals surface area contributed by atoms with Crippen molar-refractivity contribution in [2.24, 2.45) is 0 Å². The molecule has 2 rings (SSSR count). The van der Waals surface area contributed by atoms with Crippen molar-refractivity contribution >= 4 is 5.69 Å². The van der Waals surface area contributed by atoms with E-state index in [0.717, 1.165) is 24.9 Å². The normalized spacial score (nSPS) is 14.8. The summed E-state index contributed by atoms with van der Waals surface area (Å²) < 4.78 is 5.43. The number of nitrogens with zero attached hydrogens (tertiary/aromatic N) is 1. The summed E-state index contributed by atoms with van der Waals surface area (Å²) >= 11 is 0.